The first-order valence-electron chi connectivity index (χ1n) is 27.1. The topological polar surface area (TPSA) is 244 Å². The van der Waals surface area contributed by atoms with Gasteiger partial charge < -0.3 is 40.9 Å². The molecule has 10 rings (SSSR count). The molecular formula is C56H67F2N13O7S. The van der Waals surface area contributed by atoms with Crippen molar-refractivity contribution in [3.8, 4) is 27.4 Å². The summed E-state index contributed by atoms with van der Waals surface area (Å²) in [6.45, 7) is 9.92. The van der Waals surface area contributed by atoms with E-state index in [0.29, 0.717) is 80.9 Å². The van der Waals surface area contributed by atoms with E-state index in [1.54, 1.807) is 61.9 Å². The monoisotopic (exact) mass is 1100 g/mol. The summed E-state index contributed by atoms with van der Waals surface area (Å²) in [4.78, 5) is 86.8. The SMILES string of the molecule is Cc1ncsc1-c1ccc(CNC(=O)[C@@H]2C[C@@H](O)CN2C(=O)[C@@H](NC(=O)C2(F)CC2)C(C)(C)C)c(OCCCCCNC(=O)CN2CCN(C(=O)c3ccc(Nc4nc(C5CC5)cn5c(-c6cn[nH]c6)cnc45)c(F)c3)CC2)c1. The molecule has 0 radical (unpaired) electrons. The third-order valence-corrected chi connectivity index (χ3v) is 16.1. The zero-order valence-electron chi connectivity index (χ0n) is 44.8. The number of anilines is 2. The van der Waals surface area contributed by atoms with Crippen molar-refractivity contribution in [2.24, 2.45) is 5.41 Å². The molecule has 4 aliphatic rings. The maximum absolute atomic E-state index is 15.7. The van der Waals surface area contributed by atoms with Crippen LogP contribution in [-0.2, 0) is 25.7 Å². The number of carbonyl (C=O) groups excluding carboxylic acids is 5. The Morgan fingerprint density at radius 1 is 0.975 bits per heavy atom. The highest BCUT2D eigenvalue weighted by Crippen LogP contribution is 2.42. The van der Waals surface area contributed by atoms with Crippen LogP contribution >= 0.6 is 11.3 Å². The molecule has 79 heavy (non-hydrogen) atoms. The molecule has 2 aliphatic carbocycles. The van der Waals surface area contributed by atoms with Crippen LogP contribution < -0.4 is 26.0 Å². The van der Waals surface area contributed by atoms with Gasteiger partial charge in [-0.1, -0.05) is 32.9 Å². The van der Waals surface area contributed by atoms with Crippen molar-refractivity contribution < 1.29 is 42.6 Å². The number of amides is 5. The zero-order valence-corrected chi connectivity index (χ0v) is 45.6. The lowest BCUT2D eigenvalue weighted by molar-refractivity contribution is -0.145. The van der Waals surface area contributed by atoms with Crippen molar-refractivity contribution in [2.45, 2.75) is 115 Å². The number of alkyl halides is 1. The molecule has 4 fully saturated rings. The lowest BCUT2D eigenvalue weighted by Gasteiger charge is -2.35. The molecule has 2 saturated heterocycles. The van der Waals surface area contributed by atoms with Gasteiger partial charge in [0.1, 0.15) is 23.7 Å². The first kappa shape index (κ1) is 55.0. The minimum atomic E-state index is -1.99. The number of unbranched alkanes of at least 4 members (excludes halogenated alkanes) is 2. The van der Waals surface area contributed by atoms with Crippen molar-refractivity contribution in [1.29, 1.82) is 0 Å². The van der Waals surface area contributed by atoms with Crippen LogP contribution in [0.1, 0.15) is 105 Å². The summed E-state index contributed by atoms with van der Waals surface area (Å²) in [5.74, 6) is -1.57. The molecule has 23 heteroatoms. The number of aromatic amines is 1. The van der Waals surface area contributed by atoms with E-state index < -0.39 is 52.8 Å². The third-order valence-electron chi connectivity index (χ3n) is 15.1. The van der Waals surface area contributed by atoms with E-state index in [-0.39, 0.29) is 62.0 Å². The molecule has 0 unspecified atom stereocenters. The number of ether oxygens (including phenoxy) is 1. The second kappa shape index (κ2) is 23.1. The predicted molar refractivity (Wildman–Crippen MR) is 292 cm³/mol. The fraction of sp³-hybridized carbons (Fsp3) is 0.482. The number of aryl methyl sites for hydroxylation is 1. The summed E-state index contributed by atoms with van der Waals surface area (Å²) in [6, 6.07) is 8.00. The number of rotatable bonds is 21. The summed E-state index contributed by atoms with van der Waals surface area (Å²) >= 11 is 1.51. The van der Waals surface area contributed by atoms with Gasteiger partial charge in [0, 0.05) is 87.2 Å². The highest BCUT2D eigenvalue weighted by molar-refractivity contribution is 7.13. The van der Waals surface area contributed by atoms with Gasteiger partial charge in [-0.2, -0.15) is 5.10 Å². The number of hydrogen-bond donors (Lipinski definition) is 6. The van der Waals surface area contributed by atoms with Crippen LogP contribution in [-0.4, -0.2) is 155 Å². The smallest absolute Gasteiger partial charge is 0.258 e. The van der Waals surface area contributed by atoms with Gasteiger partial charge in [-0.15, -0.1) is 11.3 Å². The molecule has 418 valence electrons. The molecule has 6 N–H and O–H groups in total. The maximum Gasteiger partial charge on any atom is 0.258 e. The lowest BCUT2D eigenvalue weighted by Crippen LogP contribution is -2.59. The highest BCUT2D eigenvalue weighted by Gasteiger charge is 2.53. The number of H-pyrrole nitrogens is 1. The Morgan fingerprint density at radius 3 is 2.47 bits per heavy atom. The van der Waals surface area contributed by atoms with Gasteiger partial charge in [-0.05, 0) is 87.1 Å². The number of benzene rings is 2. The number of halogens is 2. The Labute approximate surface area is 460 Å². The normalized spacial score (nSPS) is 18.6. The average Bonchev–Trinajstić information content (AvgIpc) is 4.12. The largest absolute Gasteiger partial charge is 0.493 e. The number of carbonyl (C=O) groups is 5. The van der Waals surface area contributed by atoms with E-state index in [0.717, 1.165) is 52.3 Å². The zero-order chi connectivity index (χ0) is 55.6. The Kier molecular flexibility index (Phi) is 16.1. The number of fused-ring (bicyclic) bond motifs is 1. The van der Waals surface area contributed by atoms with E-state index >= 15 is 4.39 Å². The number of imidazole rings is 1. The number of aliphatic hydroxyl groups is 1. The molecule has 2 aliphatic heterocycles. The van der Waals surface area contributed by atoms with Gasteiger partial charge in [-0.25, -0.2) is 23.7 Å². The highest BCUT2D eigenvalue weighted by atomic mass is 32.1. The average molecular weight is 1100 g/mol. The van der Waals surface area contributed by atoms with Gasteiger partial charge in [0.15, 0.2) is 17.1 Å². The molecule has 20 nitrogen and oxygen atoms in total. The number of nitrogens with one attached hydrogen (secondary N) is 5. The van der Waals surface area contributed by atoms with E-state index in [4.69, 9.17) is 9.72 Å². The fourth-order valence-corrected chi connectivity index (χ4v) is 10.9. The van der Waals surface area contributed by atoms with E-state index in [9.17, 15) is 33.5 Å². The molecule has 2 aromatic carbocycles. The van der Waals surface area contributed by atoms with Crippen LogP contribution in [0.5, 0.6) is 5.75 Å². The summed E-state index contributed by atoms with van der Waals surface area (Å²) in [7, 11) is 0. The van der Waals surface area contributed by atoms with Crippen molar-refractivity contribution >= 4 is 58.0 Å². The van der Waals surface area contributed by atoms with Crippen LogP contribution in [0.2, 0.25) is 0 Å². The number of aliphatic hydroxyl groups excluding tert-OH is 1. The van der Waals surface area contributed by atoms with Crippen molar-refractivity contribution in [2.75, 3.05) is 57.7 Å². The first-order chi connectivity index (χ1) is 37.9. The Bertz CT molecular complexity index is 3220. The number of β-amino-alcohol motifs (C(OH)–C–C–N with tert-alkyl or cyclic N) is 1. The van der Waals surface area contributed by atoms with Crippen molar-refractivity contribution in [3.63, 3.8) is 0 Å². The summed E-state index contributed by atoms with van der Waals surface area (Å²) in [5.41, 5.74) is 4.97. The molecule has 4 aromatic heterocycles. The van der Waals surface area contributed by atoms with Crippen LogP contribution in [0.4, 0.5) is 20.3 Å². The van der Waals surface area contributed by atoms with Gasteiger partial charge in [0.05, 0.1) is 64.8 Å². The number of nitrogens with zero attached hydrogens (tertiary/aromatic N) is 8. The number of thiazole rings is 1. The summed E-state index contributed by atoms with van der Waals surface area (Å²) < 4.78 is 38.7. The summed E-state index contributed by atoms with van der Waals surface area (Å²) in [5, 5.41) is 29.2. The molecule has 3 atom stereocenters. The van der Waals surface area contributed by atoms with Crippen LogP contribution in [0.15, 0.2) is 66.7 Å². The lowest BCUT2D eigenvalue weighted by atomic mass is 9.85. The van der Waals surface area contributed by atoms with Crippen LogP contribution in [0.25, 0.3) is 27.3 Å². The molecule has 0 bridgehead atoms. The molecule has 0 spiro atoms. The van der Waals surface area contributed by atoms with Gasteiger partial charge >= 0.3 is 0 Å². The molecule has 2 saturated carbocycles. The third kappa shape index (κ3) is 12.7. The first-order valence-corrected chi connectivity index (χ1v) is 27.9. The van der Waals surface area contributed by atoms with Crippen molar-refractivity contribution in [1.82, 2.24) is 60.2 Å². The van der Waals surface area contributed by atoms with E-state index in [1.165, 1.54) is 22.3 Å². The Hall–Kier alpha value is -7.37. The number of likely N-dealkylation sites (tertiary alicyclic amines) is 1. The molecular weight excluding hydrogens is 1040 g/mol. The molecule has 6 heterocycles. The minimum Gasteiger partial charge on any atom is -0.493 e. The fourth-order valence-electron chi connectivity index (χ4n) is 10.1. The van der Waals surface area contributed by atoms with Crippen LogP contribution in [0, 0.1) is 18.2 Å². The summed E-state index contributed by atoms with van der Waals surface area (Å²) in [6.07, 6.45) is 10.7. The van der Waals surface area contributed by atoms with Gasteiger partial charge in [-0.3, -0.25) is 38.4 Å². The predicted octanol–water partition coefficient (Wildman–Crippen LogP) is 6.05. The van der Waals surface area contributed by atoms with Crippen molar-refractivity contribution in [3.05, 3.63) is 95.0 Å². The number of aromatic nitrogens is 6. The van der Waals surface area contributed by atoms with Crippen LogP contribution in [0.3, 0.4) is 0 Å². The number of piperazine rings is 1. The van der Waals surface area contributed by atoms with Gasteiger partial charge in [0.2, 0.25) is 17.7 Å². The molecule has 5 amide bonds. The Balaban J connectivity index is 0.663. The quantitative estimate of drug-likeness (QED) is 0.0451. The second-order valence-corrected chi connectivity index (χ2v) is 23.1. The maximum atomic E-state index is 15.7. The van der Waals surface area contributed by atoms with Gasteiger partial charge in [0.25, 0.3) is 11.8 Å². The van der Waals surface area contributed by atoms with E-state index in [1.807, 2.05) is 40.6 Å². The standard InChI is InChI=1S/C56H67F2N13O7S/c1-33-47(79-32-62-33)35-10-11-37(25-61-51(74)43-24-39(72)29-71(43)53(76)48(55(2,3)4)67-54(77)56(58)14-15-56)45(23-35)78-21-7-5-6-16-59-46(73)31-68-17-19-69(20-18-68)52(75)36-12-13-41(40(57)22-36)65-49-50-60-28-44(38-26-63-64-27-38)70(50)30-42(66-49)34-8-9-34/h10-13,22-23,26-28,30,32,34,39,43,48,72H,5-9,14-21,24-25,29,31H2,1-4H3,(H,59,73)(H,61,74)(H,63,64)(H,65,66)(H,67,77)/t39-,43+,48-/m1/s1. The molecule has 6 aromatic rings. The minimum absolute atomic E-state index is 0.00473. The Morgan fingerprint density at radius 2 is 1.77 bits per heavy atom. The second-order valence-electron chi connectivity index (χ2n) is 22.2. The number of hydrogen-bond acceptors (Lipinski definition) is 14. The van der Waals surface area contributed by atoms with E-state index in [2.05, 4.69) is 41.4 Å².